The second-order valence-electron chi connectivity index (χ2n) is 6.91. The molecule has 0 unspecified atom stereocenters. The number of hydrogen-bond donors (Lipinski definition) is 1. The van der Waals surface area contributed by atoms with Crippen LogP contribution in [-0.4, -0.2) is 43.0 Å². The molecule has 1 saturated heterocycles. The third-order valence-electron chi connectivity index (χ3n) is 4.79. The zero-order valence-corrected chi connectivity index (χ0v) is 15.7. The molecule has 3 nitrogen and oxygen atoms in total. The summed E-state index contributed by atoms with van der Waals surface area (Å²) in [7, 11) is 2.22. The average molecular weight is 341 g/mol. The lowest BCUT2D eigenvalue weighted by Gasteiger charge is -2.14. The first-order chi connectivity index (χ1) is 12.2. The molecule has 0 spiro atoms. The highest BCUT2D eigenvalue weighted by atomic mass is 16.2. The van der Waals surface area contributed by atoms with Crippen molar-refractivity contribution in [3.63, 3.8) is 0 Å². The molecule has 2 rings (SSSR count). The van der Waals surface area contributed by atoms with E-state index in [0.29, 0.717) is 6.42 Å². The molecule has 0 aromatic carbocycles. The van der Waals surface area contributed by atoms with Crippen LogP contribution in [0.2, 0.25) is 0 Å². The van der Waals surface area contributed by atoms with Crippen molar-refractivity contribution in [1.82, 2.24) is 4.90 Å². The largest absolute Gasteiger partial charge is 0.396 e. The number of aliphatic hydroxyl groups excluding tert-OH is 1. The zero-order chi connectivity index (χ0) is 17.9. The van der Waals surface area contributed by atoms with Crippen LogP contribution < -0.4 is 0 Å². The average Bonchev–Trinajstić information content (AvgIpc) is 2.98. The number of hydrogen-bond acceptors (Lipinski definition) is 3. The van der Waals surface area contributed by atoms with Gasteiger partial charge in [0.2, 0.25) is 0 Å². The number of rotatable bonds is 6. The first kappa shape index (κ1) is 19.6. The van der Waals surface area contributed by atoms with Crippen LogP contribution in [0.1, 0.15) is 45.4 Å². The van der Waals surface area contributed by atoms with E-state index in [-0.39, 0.29) is 6.61 Å². The predicted octanol–water partition coefficient (Wildman–Crippen LogP) is 4.59. The molecule has 0 amide bonds. The Morgan fingerprint density at radius 2 is 2.16 bits per heavy atom. The van der Waals surface area contributed by atoms with Crippen LogP contribution in [0.15, 0.2) is 63.9 Å². The van der Waals surface area contributed by atoms with E-state index in [1.807, 2.05) is 19.3 Å². The molecule has 25 heavy (non-hydrogen) atoms. The molecule has 1 aliphatic heterocycles. The van der Waals surface area contributed by atoms with E-state index in [1.54, 1.807) is 5.57 Å². The van der Waals surface area contributed by atoms with Crippen molar-refractivity contribution in [3.8, 4) is 0 Å². The number of allylic oxidation sites excluding steroid dienone is 7. The number of aliphatic hydroxyl groups is 1. The summed E-state index contributed by atoms with van der Waals surface area (Å²) in [5.74, 6) is 0. The van der Waals surface area contributed by atoms with Gasteiger partial charge in [0.25, 0.3) is 0 Å². The first-order valence-corrected chi connectivity index (χ1v) is 9.42. The van der Waals surface area contributed by atoms with Crippen LogP contribution in [0.4, 0.5) is 0 Å². The van der Waals surface area contributed by atoms with E-state index in [4.69, 9.17) is 5.11 Å². The molecule has 136 valence electrons. The van der Waals surface area contributed by atoms with Gasteiger partial charge in [-0.3, -0.25) is 4.99 Å². The Labute approximate surface area is 152 Å². The third kappa shape index (κ3) is 6.97. The summed E-state index contributed by atoms with van der Waals surface area (Å²) >= 11 is 0. The molecule has 1 aliphatic carbocycles. The fraction of sp³-hybridized carbons (Fsp3) is 0.500. The fourth-order valence-electron chi connectivity index (χ4n) is 3.26. The molecule has 0 aromatic heterocycles. The highest BCUT2D eigenvalue weighted by Gasteiger charge is 2.14. The Morgan fingerprint density at radius 1 is 1.28 bits per heavy atom. The normalized spacial score (nSPS) is 22.0. The van der Waals surface area contributed by atoms with Gasteiger partial charge in [0, 0.05) is 32.0 Å². The quantitative estimate of drug-likeness (QED) is 0.718. The fourth-order valence-corrected chi connectivity index (χ4v) is 3.26. The van der Waals surface area contributed by atoms with Crippen LogP contribution >= 0.6 is 0 Å². The van der Waals surface area contributed by atoms with Crippen molar-refractivity contribution in [1.29, 1.82) is 0 Å². The van der Waals surface area contributed by atoms with E-state index >= 15 is 0 Å². The van der Waals surface area contributed by atoms with Gasteiger partial charge in [-0.2, -0.15) is 0 Å². The summed E-state index contributed by atoms with van der Waals surface area (Å²) in [6.07, 6.45) is 21.1. The van der Waals surface area contributed by atoms with E-state index in [0.717, 1.165) is 31.4 Å². The van der Waals surface area contributed by atoms with Gasteiger partial charge in [0.05, 0.1) is 0 Å². The maximum absolute atomic E-state index is 8.97. The minimum Gasteiger partial charge on any atom is -0.396 e. The lowest BCUT2D eigenvalue weighted by atomic mass is 9.92. The van der Waals surface area contributed by atoms with Gasteiger partial charge in [-0.05, 0) is 63.8 Å². The summed E-state index contributed by atoms with van der Waals surface area (Å²) in [4.78, 5) is 6.90. The molecule has 0 bridgehead atoms. The molecule has 1 heterocycles. The molecular weight excluding hydrogens is 308 g/mol. The molecule has 3 heteroatoms. The lowest BCUT2D eigenvalue weighted by molar-refractivity contribution is 0.299. The molecule has 1 N–H and O–H groups in total. The maximum Gasteiger partial charge on any atom is 0.0468 e. The molecule has 0 saturated carbocycles. The van der Waals surface area contributed by atoms with Gasteiger partial charge < -0.3 is 10.0 Å². The van der Waals surface area contributed by atoms with Crippen molar-refractivity contribution in [2.24, 2.45) is 4.99 Å². The summed E-state index contributed by atoms with van der Waals surface area (Å²) in [5.41, 5.74) is 5.51. The second-order valence-corrected chi connectivity index (χ2v) is 6.91. The van der Waals surface area contributed by atoms with E-state index in [9.17, 15) is 0 Å². The van der Waals surface area contributed by atoms with E-state index in [1.165, 1.54) is 30.5 Å². The Balaban J connectivity index is 2.19. The van der Waals surface area contributed by atoms with Crippen molar-refractivity contribution in [3.05, 3.63) is 58.9 Å². The van der Waals surface area contributed by atoms with Crippen LogP contribution in [0.5, 0.6) is 0 Å². The summed E-state index contributed by atoms with van der Waals surface area (Å²) in [6, 6.07) is 0. The van der Waals surface area contributed by atoms with Gasteiger partial charge in [0.1, 0.15) is 0 Å². The lowest BCUT2D eigenvalue weighted by Crippen LogP contribution is -2.18. The Hall–Kier alpha value is -1.71. The monoisotopic (exact) mass is 340 g/mol. The SMILES string of the molecule is C/C(=C\N=CC/C(C1=CCC=CC=C1)=C1/CCCN(C)CC1)CCO. The number of aliphatic imine (C=N–C) groups is 1. The maximum atomic E-state index is 8.97. The molecule has 0 radical (unpaired) electrons. The zero-order valence-electron chi connectivity index (χ0n) is 15.7. The Morgan fingerprint density at radius 3 is 3.00 bits per heavy atom. The van der Waals surface area contributed by atoms with E-state index in [2.05, 4.69) is 47.3 Å². The molecule has 0 aromatic rings. The molecular formula is C22H32N2O. The van der Waals surface area contributed by atoms with Crippen LogP contribution in [0.25, 0.3) is 0 Å². The highest BCUT2D eigenvalue weighted by Crippen LogP contribution is 2.28. The third-order valence-corrected chi connectivity index (χ3v) is 4.79. The Kier molecular flexibility index (Phi) is 8.64. The van der Waals surface area contributed by atoms with Crippen LogP contribution in [0, 0.1) is 0 Å². The topological polar surface area (TPSA) is 35.8 Å². The minimum atomic E-state index is 0.186. The molecule has 0 atom stereocenters. The first-order valence-electron chi connectivity index (χ1n) is 9.42. The van der Waals surface area contributed by atoms with Gasteiger partial charge in [-0.15, -0.1) is 0 Å². The van der Waals surface area contributed by atoms with Crippen molar-refractivity contribution in [2.45, 2.75) is 45.4 Å². The summed E-state index contributed by atoms with van der Waals surface area (Å²) in [5, 5.41) is 8.97. The highest BCUT2D eigenvalue weighted by molar-refractivity contribution is 5.66. The van der Waals surface area contributed by atoms with Gasteiger partial charge >= 0.3 is 0 Å². The summed E-state index contributed by atoms with van der Waals surface area (Å²) in [6.45, 7) is 4.52. The predicted molar refractivity (Wildman–Crippen MR) is 108 cm³/mol. The van der Waals surface area contributed by atoms with Crippen molar-refractivity contribution in [2.75, 3.05) is 26.7 Å². The molecule has 2 aliphatic rings. The summed E-state index contributed by atoms with van der Waals surface area (Å²) < 4.78 is 0. The van der Waals surface area contributed by atoms with Crippen molar-refractivity contribution < 1.29 is 5.11 Å². The smallest absolute Gasteiger partial charge is 0.0468 e. The van der Waals surface area contributed by atoms with Gasteiger partial charge in [0.15, 0.2) is 0 Å². The number of likely N-dealkylation sites (tertiary alicyclic amines) is 1. The number of nitrogens with zero attached hydrogens (tertiary/aromatic N) is 2. The van der Waals surface area contributed by atoms with Crippen LogP contribution in [0.3, 0.4) is 0 Å². The van der Waals surface area contributed by atoms with Crippen LogP contribution in [-0.2, 0) is 0 Å². The van der Waals surface area contributed by atoms with E-state index < -0.39 is 0 Å². The molecule has 1 fully saturated rings. The Bertz CT molecular complexity index is 606. The van der Waals surface area contributed by atoms with Crippen molar-refractivity contribution >= 4 is 6.21 Å². The minimum absolute atomic E-state index is 0.186. The second kappa shape index (κ2) is 11.0. The standard InChI is InChI=1S/C22H32N2O/c1-19(13-17-25)18-23-14-11-22(20-8-5-3-4-6-9-20)21-10-7-15-24(2)16-12-21/h3-5,8-9,14,18,25H,6-7,10-13,15-17H2,1-2H3/b19-18+,22-21+,23-14?. The van der Waals surface area contributed by atoms with Gasteiger partial charge in [-0.25, -0.2) is 0 Å². The van der Waals surface area contributed by atoms with Gasteiger partial charge in [-0.1, -0.05) is 41.5 Å².